The van der Waals surface area contributed by atoms with Crippen molar-refractivity contribution in [2.45, 2.75) is 19.4 Å². The fourth-order valence-electron chi connectivity index (χ4n) is 1.99. The van der Waals surface area contributed by atoms with Crippen LogP contribution in [0, 0.1) is 6.92 Å². The van der Waals surface area contributed by atoms with E-state index in [9.17, 15) is 4.79 Å². The monoisotopic (exact) mass is 191 g/mol. The minimum absolute atomic E-state index is 0.396. The Morgan fingerprint density at radius 1 is 1.57 bits per heavy atom. The number of benzene rings is 1. The topological polar surface area (TPSA) is 40.5 Å². The third-order valence-corrected chi connectivity index (χ3v) is 2.78. The number of hydrogen-bond acceptors (Lipinski definition) is 2. The van der Waals surface area contributed by atoms with Crippen LogP contribution in [0.5, 0.6) is 0 Å². The van der Waals surface area contributed by atoms with E-state index in [2.05, 4.69) is 6.07 Å². The molecule has 1 aliphatic rings. The summed E-state index contributed by atoms with van der Waals surface area (Å²) < 4.78 is 0. The molecule has 0 amide bonds. The van der Waals surface area contributed by atoms with Crippen LogP contribution in [-0.4, -0.2) is 24.2 Å². The van der Waals surface area contributed by atoms with Gasteiger partial charge in [0.1, 0.15) is 6.04 Å². The Morgan fingerprint density at radius 2 is 2.29 bits per heavy atom. The molecule has 0 radical (unpaired) electrons. The zero-order valence-electron chi connectivity index (χ0n) is 8.32. The van der Waals surface area contributed by atoms with Crippen molar-refractivity contribution in [1.82, 2.24) is 0 Å². The number of anilines is 1. The van der Waals surface area contributed by atoms with E-state index in [1.54, 1.807) is 0 Å². The molecule has 0 spiro atoms. The van der Waals surface area contributed by atoms with Gasteiger partial charge >= 0.3 is 5.97 Å². The van der Waals surface area contributed by atoms with Gasteiger partial charge in [-0.05, 0) is 18.6 Å². The summed E-state index contributed by atoms with van der Waals surface area (Å²) in [6, 6.07) is 5.67. The van der Waals surface area contributed by atoms with E-state index < -0.39 is 12.0 Å². The molecule has 14 heavy (non-hydrogen) atoms. The molecule has 1 aliphatic heterocycles. The average Bonchev–Trinajstić information content (AvgIpc) is 2.43. The van der Waals surface area contributed by atoms with E-state index >= 15 is 0 Å². The third kappa shape index (κ3) is 1.25. The second-order valence-electron chi connectivity index (χ2n) is 3.80. The highest BCUT2D eigenvalue weighted by molar-refractivity contribution is 5.82. The first kappa shape index (κ1) is 9.06. The molecule has 2 rings (SSSR count). The first-order chi connectivity index (χ1) is 6.59. The van der Waals surface area contributed by atoms with E-state index in [-0.39, 0.29) is 0 Å². The predicted molar refractivity (Wildman–Crippen MR) is 54.7 cm³/mol. The summed E-state index contributed by atoms with van der Waals surface area (Å²) >= 11 is 0. The largest absolute Gasteiger partial charge is 0.480 e. The molecule has 0 fully saturated rings. The van der Waals surface area contributed by atoms with Crippen LogP contribution in [0.15, 0.2) is 18.2 Å². The minimum atomic E-state index is -0.749. The van der Waals surface area contributed by atoms with Crippen LogP contribution in [-0.2, 0) is 11.2 Å². The smallest absolute Gasteiger partial charge is 0.326 e. The van der Waals surface area contributed by atoms with Gasteiger partial charge in [0.2, 0.25) is 0 Å². The van der Waals surface area contributed by atoms with E-state index in [1.165, 1.54) is 5.56 Å². The molecule has 0 aromatic heterocycles. The molecule has 0 bridgehead atoms. The molecule has 1 aromatic carbocycles. The lowest BCUT2D eigenvalue weighted by Crippen LogP contribution is -2.35. The van der Waals surface area contributed by atoms with Crippen LogP contribution < -0.4 is 4.90 Å². The van der Waals surface area contributed by atoms with E-state index in [0.29, 0.717) is 6.42 Å². The second-order valence-corrected chi connectivity index (χ2v) is 3.80. The molecule has 1 atom stereocenters. The molecule has 74 valence electrons. The van der Waals surface area contributed by atoms with Crippen LogP contribution in [0.2, 0.25) is 0 Å². The van der Waals surface area contributed by atoms with Crippen molar-refractivity contribution in [3.63, 3.8) is 0 Å². The van der Waals surface area contributed by atoms with Crippen LogP contribution in [0.1, 0.15) is 11.1 Å². The minimum Gasteiger partial charge on any atom is -0.480 e. The van der Waals surface area contributed by atoms with E-state index in [0.717, 1.165) is 11.3 Å². The number of rotatable bonds is 1. The molecule has 0 saturated heterocycles. The van der Waals surface area contributed by atoms with Crippen LogP contribution in [0.25, 0.3) is 0 Å². The lowest BCUT2D eigenvalue weighted by Gasteiger charge is -2.18. The van der Waals surface area contributed by atoms with Crippen LogP contribution in [0.3, 0.4) is 0 Å². The lowest BCUT2D eigenvalue weighted by molar-refractivity contribution is -0.138. The molecule has 0 saturated carbocycles. The standard InChI is InChI=1S/C11H13NO2/c1-7-3-4-9-8(5-7)6-10(11(13)14)12(9)2/h3-5,10H,6H2,1-2H3,(H,13,14). The second kappa shape index (κ2) is 3.01. The van der Waals surface area contributed by atoms with Crippen LogP contribution >= 0.6 is 0 Å². The number of carboxylic acids is 1. The number of likely N-dealkylation sites (N-methyl/N-ethyl adjacent to an activating group) is 1. The maximum Gasteiger partial charge on any atom is 0.326 e. The molecular weight excluding hydrogens is 178 g/mol. The van der Waals surface area contributed by atoms with Crippen molar-refractivity contribution in [2.24, 2.45) is 0 Å². The van der Waals surface area contributed by atoms with E-state index in [1.807, 2.05) is 31.0 Å². The molecule has 1 unspecified atom stereocenters. The van der Waals surface area contributed by atoms with Gasteiger partial charge in [-0.1, -0.05) is 17.7 Å². The normalized spacial score (nSPS) is 19.6. The maximum atomic E-state index is 10.9. The summed E-state index contributed by atoms with van der Waals surface area (Å²) in [5, 5.41) is 8.98. The predicted octanol–water partition coefficient (Wildman–Crippen LogP) is 1.44. The number of carboxylic acid groups (broad SMARTS) is 1. The molecule has 3 nitrogen and oxygen atoms in total. The molecule has 1 aromatic rings. The van der Waals surface area contributed by atoms with Crippen molar-refractivity contribution in [1.29, 1.82) is 0 Å². The van der Waals surface area contributed by atoms with Gasteiger partial charge in [0.05, 0.1) is 0 Å². The number of carbonyl (C=O) groups is 1. The number of fused-ring (bicyclic) bond motifs is 1. The summed E-state index contributed by atoms with van der Waals surface area (Å²) in [5.74, 6) is -0.749. The maximum absolute atomic E-state index is 10.9. The lowest BCUT2D eigenvalue weighted by atomic mass is 10.1. The first-order valence-electron chi connectivity index (χ1n) is 4.65. The Hall–Kier alpha value is -1.51. The highest BCUT2D eigenvalue weighted by atomic mass is 16.4. The quantitative estimate of drug-likeness (QED) is 0.730. The number of nitrogens with zero attached hydrogens (tertiary/aromatic N) is 1. The summed E-state index contributed by atoms with van der Waals surface area (Å²) in [5.41, 5.74) is 3.37. The molecule has 3 heteroatoms. The zero-order chi connectivity index (χ0) is 10.3. The Balaban J connectivity index is 2.40. The van der Waals surface area contributed by atoms with Gasteiger partial charge in [0, 0.05) is 19.2 Å². The Labute approximate surface area is 83.0 Å². The summed E-state index contributed by atoms with van der Waals surface area (Å²) in [6.07, 6.45) is 0.614. The van der Waals surface area contributed by atoms with Gasteiger partial charge in [-0.15, -0.1) is 0 Å². The molecule has 1 N–H and O–H groups in total. The summed E-state index contributed by atoms with van der Waals surface area (Å²) in [7, 11) is 1.83. The van der Waals surface area contributed by atoms with Gasteiger partial charge < -0.3 is 10.0 Å². The highest BCUT2D eigenvalue weighted by Gasteiger charge is 2.31. The summed E-state index contributed by atoms with van der Waals surface area (Å²) in [6.45, 7) is 2.02. The van der Waals surface area contributed by atoms with Crippen molar-refractivity contribution in [2.75, 3.05) is 11.9 Å². The van der Waals surface area contributed by atoms with Gasteiger partial charge in [0.15, 0.2) is 0 Å². The average molecular weight is 191 g/mol. The van der Waals surface area contributed by atoms with Gasteiger partial charge in [-0.25, -0.2) is 4.79 Å². The molecule has 1 heterocycles. The fourth-order valence-corrected chi connectivity index (χ4v) is 1.99. The van der Waals surface area contributed by atoms with Crippen molar-refractivity contribution in [3.8, 4) is 0 Å². The Morgan fingerprint density at radius 3 is 2.93 bits per heavy atom. The van der Waals surface area contributed by atoms with Crippen LogP contribution in [0.4, 0.5) is 5.69 Å². The van der Waals surface area contributed by atoms with Crippen molar-refractivity contribution in [3.05, 3.63) is 29.3 Å². The van der Waals surface area contributed by atoms with E-state index in [4.69, 9.17) is 5.11 Å². The number of aryl methyl sites for hydroxylation is 1. The Bertz CT molecular complexity index is 387. The van der Waals surface area contributed by atoms with Gasteiger partial charge in [0.25, 0.3) is 0 Å². The number of aliphatic carboxylic acids is 1. The van der Waals surface area contributed by atoms with Gasteiger partial charge in [-0.2, -0.15) is 0 Å². The first-order valence-corrected chi connectivity index (χ1v) is 4.65. The Kier molecular flexibility index (Phi) is 1.95. The van der Waals surface area contributed by atoms with Crippen molar-refractivity contribution < 1.29 is 9.90 Å². The fraction of sp³-hybridized carbons (Fsp3) is 0.364. The molecule has 0 aliphatic carbocycles. The third-order valence-electron chi connectivity index (χ3n) is 2.78. The van der Waals surface area contributed by atoms with Crippen molar-refractivity contribution >= 4 is 11.7 Å². The highest BCUT2D eigenvalue weighted by Crippen LogP contribution is 2.31. The van der Waals surface area contributed by atoms with Gasteiger partial charge in [-0.3, -0.25) is 0 Å². The zero-order valence-corrected chi connectivity index (χ0v) is 8.32. The number of hydrogen-bond donors (Lipinski definition) is 1. The molecular formula is C11H13NO2. The SMILES string of the molecule is Cc1ccc2c(c1)CC(C(=O)O)N2C. The summed E-state index contributed by atoms with van der Waals surface area (Å²) in [4.78, 5) is 12.8.